The quantitative estimate of drug-likeness (QED) is 0.348. The van der Waals surface area contributed by atoms with Crippen molar-refractivity contribution in [2.45, 2.75) is 20.8 Å². The Morgan fingerprint density at radius 1 is 1.38 bits per heavy atom. The van der Waals surface area contributed by atoms with Crippen LogP contribution in [0, 0.1) is 12.8 Å². The molecule has 5 nitrogen and oxygen atoms in total. The van der Waals surface area contributed by atoms with Crippen LogP contribution in [-0.4, -0.2) is 24.8 Å². The van der Waals surface area contributed by atoms with E-state index in [1.165, 1.54) is 6.92 Å². The third kappa shape index (κ3) is 4.87. The summed E-state index contributed by atoms with van der Waals surface area (Å²) in [5.41, 5.74) is 1.53. The fourth-order valence-electron chi connectivity index (χ4n) is 1.45. The minimum atomic E-state index is -0.598. The van der Waals surface area contributed by atoms with Crippen molar-refractivity contribution in [1.82, 2.24) is 0 Å². The van der Waals surface area contributed by atoms with Gasteiger partial charge in [0.2, 0.25) is 0 Å². The maximum atomic E-state index is 11.9. The molecule has 0 aliphatic heterocycles. The van der Waals surface area contributed by atoms with Gasteiger partial charge < -0.3 is 9.47 Å². The lowest BCUT2D eigenvalue weighted by molar-refractivity contribution is -0.146. The van der Waals surface area contributed by atoms with Crippen LogP contribution in [0.25, 0.3) is 0 Å². The molecular weight excluding hydrogens is 272 g/mol. The summed E-state index contributed by atoms with van der Waals surface area (Å²) in [7, 11) is 0. The average Bonchev–Trinajstić information content (AvgIpc) is 2.44. The van der Waals surface area contributed by atoms with Gasteiger partial charge in [-0.2, -0.15) is 0 Å². The smallest absolute Gasteiger partial charge is 0.333 e. The van der Waals surface area contributed by atoms with Crippen LogP contribution in [0.2, 0.25) is 0 Å². The fourth-order valence-corrected chi connectivity index (χ4v) is 1.45. The van der Waals surface area contributed by atoms with E-state index in [9.17, 15) is 14.4 Å². The van der Waals surface area contributed by atoms with Gasteiger partial charge >= 0.3 is 11.9 Å². The molecule has 1 aromatic rings. The number of hydrogen-bond donors (Lipinski definition) is 0. The lowest BCUT2D eigenvalue weighted by Crippen LogP contribution is -2.24. The molecule has 1 rings (SSSR count). The highest BCUT2D eigenvalue weighted by molar-refractivity contribution is 5.87. The third-order valence-corrected chi connectivity index (χ3v) is 2.80. The SMILES string of the molecule is C=C(C)C(=O)OCC(C)C(=O)Oc1ccc(C=O)c(C)c1. The minimum Gasteiger partial charge on any atom is -0.461 e. The van der Waals surface area contributed by atoms with Crippen molar-refractivity contribution < 1.29 is 23.9 Å². The van der Waals surface area contributed by atoms with Crippen molar-refractivity contribution in [3.63, 3.8) is 0 Å². The van der Waals surface area contributed by atoms with Gasteiger partial charge in [0.25, 0.3) is 0 Å². The Morgan fingerprint density at radius 2 is 2.05 bits per heavy atom. The summed E-state index contributed by atoms with van der Waals surface area (Å²) in [5.74, 6) is -1.30. The molecule has 1 aromatic carbocycles. The predicted molar refractivity (Wildman–Crippen MR) is 77.1 cm³/mol. The zero-order valence-electron chi connectivity index (χ0n) is 12.3. The lowest BCUT2D eigenvalue weighted by atomic mass is 10.1. The number of aldehydes is 1. The van der Waals surface area contributed by atoms with E-state index in [4.69, 9.17) is 9.47 Å². The lowest BCUT2D eigenvalue weighted by Gasteiger charge is -2.12. The van der Waals surface area contributed by atoms with E-state index >= 15 is 0 Å². The van der Waals surface area contributed by atoms with E-state index in [0.717, 1.165) is 11.8 Å². The summed E-state index contributed by atoms with van der Waals surface area (Å²) in [6.07, 6.45) is 0.737. The van der Waals surface area contributed by atoms with Gasteiger partial charge in [0.1, 0.15) is 18.6 Å². The molecule has 0 radical (unpaired) electrons. The van der Waals surface area contributed by atoms with Crippen LogP contribution in [-0.2, 0) is 14.3 Å². The Bertz CT molecular complexity index is 574. The van der Waals surface area contributed by atoms with E-state index in [2.05, 4.69) is 6.58 Å². The van der Waals surface area contributed by atoms with Crippen molar-refractivity contribution in [2.75, 3.05) is 6.61 Å². The molecule has 0 aliphatic carbocycles. The molecule has 0 fully saturated rings. The first-order chi connectivity index (χ1) is 9.85. The van der Waals surface area contributed by atoms with Crippen LogP contribution in [0.4, 0.5) is 0 Å². The molecule has 0 heterocycles. The minimum absolute atomic E-state index is 0.0735. The molecule has 0 aromatic heterocycles. The fraction of sp³-hybridized carbons (Fsp3) is 0.312. The Balaban J connectivity index is 2.60. The largest absolute Gasteiger partial charge is 0.461 e. The Morgan fingerprint density at radius 3 is 2.57 bits per heavy atom. The predicted octanol–water partition coefficient (Wildman–Crippen LogP) is 2.47. The van der Waals surface area contributed by atoms with Crippen molar-refractivity contribution in [3.8, 4) is 5.75 Å². The molecule has 0 N–H and O–H groups in total. The Labute approximate surface area is 123 Å². The number of esters is 2. The number of benzene rings is 1. The maximum absolute atomic E-state index is 11.9. The molecule has 0 amide bonds. The summed E-state index contributed by atoms with van der Waals surface area (Å²) in [6.45, 7) is 8.26. The van der Waals surface area contributed by atoms with Crippen LogP contribution >= 0.6 is 0 Å². The second-order valence-electron chi connectivity index (χ2n) is 4.84. The van der Waals surface area contributed by atoms with Gasteiger partial charge in [-0.05, 0) is 44.5 Å². The second kappa shape index (κ2) is 7.38. The molecule has 1 unspecified atom stereocenters. The number of carbonyl (C=O) groups excluding carboxylic acids is 3. The van der Waals surface area contributed by atoms with Gasteiger partial charge in [-0.25, -0.2) is 4.79 Å². The van der Waals surface area contributed by atoms with Gasteiger partial charge in [0, 0.05) is 11.1 Å². The van der Waals surface area contributed by atoms with E-state index in [0.29, 0.717) is 11.3 Å². The summed E-state index contributed by atoms with van der Waals surface area (Å²) in [4.78, 5) is 33.8. The molecule has 0 saturated carbocycles. The maximum Gasteiger partial charge on any atom is 0.333 e. The van der Waals surface area contributed by atoms with Gasteiger partial charge in [-0.15, -0.1) is 0 Å². The molecule has 0 bridgehead atoms. The zero-order valence-corrected chi connectivity index (χ0v) is 12.3. The van der Waals surface area contributed by atoms with Gasteiger partial charge in [0.05, 0.1) is 5.92 Å². The van der Waals surface area contributed by atoms with Crippen LogP contribution in [0.15, 0.2) is 30.4 Å². The summed E-state index contributed by atoms with van der Waals surface area (Å²) >= 11 is 0. The molecule has 0 spiro atoms. The van der Waals surface area contributed by atoms with Crippen LogP contribution in [0.3, 0.4) is 0 Å². The highest BCUT2D eigenvalue weighted by Crippen LogP contribution is 2.17. The standard InChI is InChI=1S/C16H18O5/c1-10(2)15(18)20-9-12(4)16(19)21-14-6-5-13(8-17)11(3)7-14/h5-8,12H,1,9H2,2-4H3. The number of carbonyl (C=O) groups is 3. The molecule has 0 aliphatic rings. The second-order valence-corrected chi connectivity index (χ2v) is 4.84. The monoisotopic (exact) mass is 290 g/mol. The van der Waals surface area contributed by atoms with Gasteiger partial charge in [-0.1, -0.05) is 6.58 Å². The number of rotatable bonds is 6. The molecule has 5 heteroatoms. The Kier molecular flexibility index (Phi) is 5.84. The summed E-state index contributed by atoms with van der Waals surface area (Å²) < 4.78 is 10.1. The normalized spacial score (nSPS) is 11.4. The van der Waals surface area contributed by atoms with Crippen LogP contribution < -0.4 is 4.74 Å². The highest BCUT2D eigenvalue weighted by atomic mass is 16.6. The molecule has 0 saturated heterocycles. The third-order valence-electron chi connectivity index (χ3n) is 2.80. The summed E-state index contributed by atoms with van der Waals surface area (Å²) in [5, 5.41) is 0. The molecular formula is C16H18O5. The van der Waals surface area contributed by atoms with Gasteiger partial charge in [0.15, 0.2) is 0 Å². The van der Waals surface area contributed by atoms with E-state index in [-0.39, 0.29) is 12.2 Å². The zero-order chi connectivity index (χ0) is 16.0. The number of aryl methyl sites for hydroxylation is 1. The van der Waals surface area contributed by atoms with E-state index in [1.807, 2.05) is 0 Å². The van der Waals surface area contributed by atoms with Crippen LogP contribution in [0.1, 0.15) is 29.8 Å². The van der Waals surface area contributed by atoms with E-state index < -0.39 is 17.9 Å². The van der Waals surface area contributed by atoms with Crippen LogP contribution in [0.5, 0.6) is 5.75 Å². The molecule has 112 valence electrons. The number of ether oxygens (including phenoxy) is 2. The van der Waals surface area contributed by atoms with Crippen molar-refractivity contribution in [1.29, 1.82) is 0 Å². The van der Waals surface area contributed by atoms with Crippen molar-refractivity contribution in [2.24, 2.45) is 5.92 Å². The summed E-state index contributed by atoms with van der Waals surface area (Å²) in [6, 6.07) is 4.73. The number of hydrogen-bond acceptors (Lipinski definition) is 5. The molecule has 1 atom stereocenters. The van der Waals surface area contributed by atoms with Crippen molar-refractivity contribution >= 4 is 18.2 Å². The topological polar surface area (TPSA) is 69.7 Å². The van der Waals surface area contributed by atoms with E-state index in [1.54, 1.807) is 32.0 Å². The first-order valence-corrected chi connectivity index (χ1v) is 6.45. The molecule has 21 heavy (non-hydrogen) atoms. The van der Waals surface area contributed by atoms with Crippen molar-refractivity contribution in [3.05, 3.63) is 41.5 Å². The Hall–Kier alpha value is -2.43. The first kappa shape index (κ1) is 16.6. The first-order valence-electron chi connectivity index (χ1n) is 6.45. The highest BCUT2D eigenvalue weighted by Gasteiger charge is 2.18. The average molecular weight is 290 g/mol. The van der Waals surface area contributed by atoms with Gasteiger partial charge in [-0.3, -0.25) is 9.59 Å².